The van der Waals surface area contributed by atoms with E-state index in [2.05, 4.69) is 30.3 Å². The SMILES string of the molecule is COC(=O)Nc1ccc2c(-c3nc(NC4CCCN(C(=O)OC(C)(C)C)C4)ncc3C(F)(F)F)c[nH]c2c1P(C)(C)=O. The Morgan fingerprint density at radius 2 is 1.90 bits per heavy atom. The van der Waals surface area contributed by atoms with Crippen molar-refractivity contribution in [2.75, 3.05) is 44.2 Å². The smallest absolute Gasteiger partial charge is 0.419 e. The molecule has 0 saturated carbocycles. The number of aromatic nitrogens is 3. The fraction of sp³-hybridized carbons (Fsp3) is 0.481. The minimum Gasteiger partial charge on any atom is -0.453 e. The second-order valence-electron chi connectivity index (χ2n) is 11.4. The first-order valence-corrected chi connectivity index (χ1v) is 15.8. The van der Waals surface area contributed by atoms with Gasteiger partial charge in [-0.25, -0.2) is 19.6 Å². The summed E-state index contributed by atoms with van der Waals surface area (Å²) in [5, 5.41) is 6.17. The number of nitrogens with zero attached hydrogens (tertiary/aromatic N) is 3. The van der Waals surface area contributed by atoms with Gasteiger partial charge in [-0.1, -0.05) is 6.07 Å². The molecule has 15 heteroatoms. The molecule has 0 radical (unpaired) electrons. The number of halogens is 3. The summed E-state index contributed by atoms with van der Waals surface area (Å²) in [5.41, 5.74) is -1.48. The Labute approximate surface area is 240 Å². The highest BCUT2D eigenvalue weighted by molar-refractivity contribution is 7.71. The Morgan fingerprint density at radius 1 is 1.19 bits per heavy atom. The number of ether oxygens (including phenoxy) is 2. The zero-order chi connectivity index (χ0) is 31.0. The summed E-state index contributed by atoms with van der Waals surface area (Å²) >= 11 is 0. The molecule has 1 aromatic carbocycles. The van der Waals surface area contributed by atoms with E-state index in [1.807, 2.05) is 0 Å². The van der Waals surface area contributed by atoms with Crippen LogP contribution < -0.4 is 15.9 Å². The lowest BCUT2D eigenvalue weighted by molar-refractivity contribution is -0.137. The maximum absolute atomic E-state index is 14.1. The number of benzene rings is 1. The second-order valence-corrected chi connectivity index (χ2v) is 14.6. The number of hydrogen-bond acceptors (Lipinski definition) is 8. The van der Waals surface area contributed by atoms with Crippen molar-refractivity contribution in [3.05, 3.63) is 30.1 Å². The minimum absolute atomic E-state index is 0.0377. The van der Waals surface area contributed by atoms with Crippen molar-refractivity contribution in [2.45, 2.75) is 51.4 Å². The summed E-state index contributed by atoms with van der Waals surface area (Å²) in [6, 6.07) is 2.66. The maximum Gasteiger partial charge on any atom is 0.419 e. The number of anilines is 2. The standard InChI is InChI=1S/C27H34F3N6O5P/c1-26(2,3)41-25(38)36-11-7-8-15(14-36)33-23-32-13-18(27(28,29)30)20(35-23)17-12-31-21-16(17)9-10-19(34-24(37)40-4)22(21)42(5,6)39/h9-10,12-13,15,31H,7-8,11,14H2,1-6H3,(H,34,37)(H,32,33,35). The third kappa shape index (κ3) is 6.97. The Hall–Kier alpha value is -3.80. The zero-order valence-corrected chi connectivity index (χ0v) is 25.1. The number of rotatable bonds is 5. The normalized spacial score (nSPS) is 16.3. The topological polar surface area (TPSA) is 139 Å². The van der Waals surface area contributed by atoms with Crippen LogP contribution in [0.1, 0.15) is 39.2 Å². The minimum atomic E-state index is -4.77. The van der Waals surface area contributed by atoms with E-state index in [9.17, 15) is 27.3 Å². The van der Waals surface area contributed by atoms with E-state index in [-0.39, 0.29) is 40.8 Å². The highest BCUT2D eigenvalue weighted by Crippen LogP contribution is 2.44. The summed E-state index contributed by atoms with van der Waals surface area (Å²) in [7, 11) is -1.88. The molecule has 228 valence electrons. The van der Waals surface area contributed by atoms with Crippen LogP contribution >= 0.6 is 7.14 Å². The summed E-state index contributed by atoms with van der Waals surface area (Å²) in [4.78, 5) is 37.2. The van der Waals surface area contributed by atoms with Crippen molar-refractivity contribution in [2.24, 2.45) is 0 Å². The van der Waals surface area contributed by atoms with Crippen LogP contribution in [-0.2, 0) is 20.2 Å². The largest absolute Gasteiger partial charge is 0.453 e. The van der Waals surface area contributed by atoms with Crippen molar-refractivity contribution >= 4 is 47.2 Å². The number of methoxy groups -OCH3 is 1. The molecule has 4 rings (SSSR count). The van der Waals surface area contributed by atoms with Gasteiger partial charge in [0, 0.05) is 42.5 Å². The van der Waals surface area contributed by atoms with E-state index in [0.717, 1.165) is 6.20 Å². The Morgan fingerprint density at radius 3 is 2.52 bits per heavy atom. The van der Waals surface area contributed by atoms with Crippen molar-refractivity contribution < 1.29 is 36.8 Å². The van der Waals surface area contributed by atoms with Gasteiger partial charge in [0.1, 0.15) is 18.3 Å². The molecular weight excluding hydrogens is 576 g/mol. The predicted octanol–water partition coefficient (Wildman–Crippen LogP) is 5.88. The molecule has 2 aromatic heterocycles. The molecular formula is C27H34F3N6O5P. The molecule has 3 N–H and O–H groups in total. The third-order valence-corrected chi connectivity index (χ3v) is 8.09. The van der Waals surface area contributed by atoms with Crippen LogP contribution in [0, 0.1) is 0 Å². The molecule has 1 aliphatic rings. The van der Waals surface area contributed by atoms with Crippen molar-refractivity contribution in [1.82, 2.24) is 19.9 Å². The molecule has 3 heterocycles. The van der Waals surface area contributed by atoms with Crippen LogP contribution in [0.2, 0.25) is 0 Å². The predicted molar refractivity (Wildman–Crippen MR) is 154 cm³/mol. The lowest BCUT2D eigenvalue weighted by Gasteiger charge is -2.34. The molecule has 3 aromatic rings. The monoisotopic (exact) mass is 610 g/mol. The summed E-state index contributed by atoms with van der Waals surface area (Å²) in [6.45, 7) is 9.05. The third-order valence-electron chi connectivity index (χ3n) is 6.55. The highest BCUT2D eigenvalue weighted by Gasteiger charge is 2.37. The zero-order valence-electron chi connectivity index (χ0n) is 24.2. The average Bonchev–Trinajstić information content (AvgIpc) is 3.30. The number of hydrogen-bond donors (Lipinski definition) is 3. The number of carbonyl (C=O) groups excluding carboxylic acids is 2. The molecule has 1 saturated heterocycles. The molecule has 11 nitrogen and oxygen atoms in total. The van der Waals surface area contributed by atoms with Gasteiger partial charge in [-0.15, -0.1) is 0 Å². The molecule has 0 bridgehead atoms. The Kier molecular flexibility index (Phi) is 8.50. The van der Waals surface area contributed by atoms with E-state index in [0.29, 0.717) is 30.3 Å². The maximum atomic E-state index is 14.1. The summed E-state index contributed by atoms with van der Waals surface area (Å²) < 4.78 is 65.8. The molecule has 1 aliphatic heterocycles. The van der Waals surface area contributed by atoms with Gasteiger partial charge in [0.25, 0.3) is 0 Å². The van der Waals surface area contributed by atoms with Crippen LogP contribution in [-0.4, -0.2) is 77.2 Å². The van der Waals surface area contributed by atoms with Gasteiger partial charge in [0.2, 0.25) is 5.95 Å². The molecule has 2 amide bonds. The average molecular weight is 611 g/mol. The number of H-pyrrole nitrogens is 1. The highest BCUT2D eigenvalue weighted by atomic mass is 31.2. The number of amides is 2. The quantitative estimate of drug-likeness (QED) is 0.305. The van der Waals surface area contributed by atoms with E-state index in [1.54, 1.807) is 25.7 Å². The number of alkyl halides is 3. The number of piperidine rings is 1. The molecule has 1 unspecified atom stereocenters. The Balaban J connectivity index is 1.73. The molecule has 42 heavy (non-hydrogen) atoms. The van der Waals surface area contributed by atoms with Gasteiger partial charge in [0.05, 0.1) is 29.3 Å². The molecule has 1 fully saturated rings. The van der Waals surface area contributed by atoms with Crippen LogP contribution in [0.15, 0.2) is 24.5 Å². The van der Waals surface area contributed by atoms with Gasteiger partial charge in [-0.3, -0.25) is 5.32 Å². The second kappa shape index (κ2) is 11.5. The molecule has 0 aliphatic carbocycles. The van der Waals surface area contributed by atoms with Crippen molar-refractivity contribution in [1.29, 1.82) is 0 Å². The van der Waals surface area contributed by atoms with Gasteiger partial charge in [-0.2, -0.15) is 13.2 Å². The first kappa shape index (κ1) is 31.1. The number of fused-ring (bicyclic) bond motifs is 1. The van der Waals surface area contributed by atoms with Crippen molar-refractivity contribution in [3.63, 3.8) is 0 Å². The fourth-order valence-corrected chi connectivity index (χ4v) is 6.27. The number of carbonyl (C=O) groups is 2. The van der Waals surface area contributed by atoms with Crippen LogP contribution in [0.25, 0.3) is 22.2 Å². The van der Waals surface area contributed by atoms with Crippen molar-refractivity contribution in [3.8, 4) is 11.3 Å². The summed E-state index contributed by atoms with van der Waals surface area (Å²) in [5.74, 6) is -0.0377. The van der Waals surface area contributed by atoms with E-state index in [1.165, 1.54) is 38.8 Å². The van der Waals surface area contributed by atoms with E-state index < -0.39 is 36.7 Å². The van der Waals surface area contributed by atoms with Gasteiger partial charge in [0.15, 0.2) is 0 Å². The first-order valence-electron chi connectivity index (χ1n) is 13.2. The molecule has 1 atom stereocenters. The first-order chi connectivity index (χ1) is 19.5. The van der Waals surface area contributed by atoms with Gasteiger partial charge >= 0.3 is 18.4 Å². The van der Waals surface area contributed by atoms with Gasteiger partial charge in [-0.05, 0) is 53.0 Å². The lowest BCUT2D eigenvalue weighted by atomic mass is 10.0. The molecule has 0 spiro atoms. The van der Waals surface area contributed by atoms with Crippen LogP contribution in [0.3, 0.4) is 0 Å². The number of nitrogens with one attached hydrogen (secondary N) is 3. The van der Waals surface area contributed by atoms with Crippen LogP contribution in [0.4, 0.5) is 34.4 Å². The van der Waals surface area contributed by atoms with E-state index >= 15 is 0 Å². The lowest BCUT2D eigenvalue weighted by Crippen LogP contribution is -2.47. The van der Waals surface area contributed by atoms with Gasteiger partial charge < -0.3 is 29.2 Å². The van der Waals surface area contributed by atoms with Crippen LogP contribution in [0.5, 0.6) is 0 Å². The number of likely N-dealkylation sites (tertiary alicyclic amines) is 1. The number of aromatic amines is 1. The fourth-order valence-electron chi connectivity index (χ4n) is 4.83. The van der Waals surface area contributed by atoms with E-state index in [4.69, 9.17) is 4.74 Å². The summed E-state index contributed by atoms with van der Waals surface area (Å²) in [6.07, 6.45) is -2.64. The Bertz CT molecular complexity index is 1550.